The Hall–Kier alpha value is -2.99. The molecule has 1 N–H and O–H groups in total. The smallest absolute Gasteiger partial charge is 0.264 e. The topological polar surface area (TPSA) is 53.9 Å². The summed E-state index contributed by atoms with van der Waals surface area (Å²) in [4.78, 5) is 20.2. The van der Waals surface area contributed by atoms with Gasteiger partial charge in [0.1, 0.15) is 5.75 Å². The van der Waals surface area contributed by atoms with Crippen molar-refractivity contribution in [2.45, 2.75) is 40.2 Å². The van der Waals surface area contributed by atoms with E-state index in [4.69, 9.17) is 4.74 Å². The van der Waals surface area contributed by atoms with Gasteiger partial charge < -0.3 is 15.0 Å². The molecule has 5 nitrogen and oxygen atoms in total. The SMILES string of the molecule is CCN1c2cc(OC)c(/C=C3/SC(=Nc4cccc(C)c4)NC3=O)cc2C(C)=CC1(C)C. The Morgan fingerprint density at radius 1 is 1.22 bits per heavy atom. The Kier molecular flexibility index (Phi) is 5.91. The van der Waals surface area contributed by atoms with Crippen LogP contribution >= 0.6 is 11.8 Å². The van der Waals surface area contributed by atoms with Gasteiger partial charge in [0, 0.05) is 29.4 Å². The zero-order valence-electron chi connectivity index (χ0n) is 19.4. The third-order valence-corrected chi connectivity index (χ3v) is 6.72. The van der Waals surface area contributed by atoms with E-state index >= 15 is 0 Å². The summed E-state index contributed by atoms with van der Waals surface area (Å²) in [5.41, 5.74) is 6.30. The summed E-state index contributed by atoms with van der Waals surface area (Å²) < 4.78 is 5.73. The van der Waals surface area contributed by atoms with E-state index in [1.807, 2.05) is 37.3 Å². The Balaban J connectivity index is 1.72. The summed E-state index contributed by atoms with van der Waals surface area (Å²) in [5.74, 6) is 0.599. The van der Waals surface area contributed by atoms with E-state index in [-0.39, 0.29) is 11.4 Å². The highest BCUT2D eigenvalue weighted by atomic mass is 32.2. The predicted octanol–water partition coefficient (Wildman–Crippen LogP) is 5.92. The van der Waals surface area contributed by atoms with Gasteiger partial charge in [0.15, 0.2) is 5.17 Å². The van der Waals surface area contributed by atoms with Gasteiger partial charge in [-0.15, -0.1) is 0 Å². The fourth-order valence-corrected chi connectivity index (χ4v) is 5.26. The molecule has 0 aromatic heterocycles. The van der Waals surface area contributed by atoms with Crippen LogP contribution in [0.4, 0.5) is 11.4 Å². The molecule has 1 fully saturated rings. The molecule has 2 aromatic carbocycles. The Labute approximate surface area is 194 Å². The second-order valence-corrected chi connectivity index (χ2v) is 9.69. The second kappa shape index (κ2) is 8.51. The lowest BCUT2D eigenvalue weighted by atomic mass is 9.87. The monoisotopic (exact) mass is 447 g/mol. The molecule has 0 saturated carbocycles. The Morgan fingerprint density at radius 3 is 2.69 bits per heavy atom. The lowest BCUT2D eigenvalue weighted by Crippen LogP contribution is -2.44. The molecule has 166 valence electrons. The zero-order valence-corrected chi connectivity index (χ0v) is 20.3. The molecule has 1 saturated heterocycles. The molecule has 0 spiro atoms. The van der Waals surface area contributed by atoms with Crippen molar-refractivity contribution >= 4 is 45.9 Å². The summed E-state index contributed by atoms with van der Waals surface area (Å²) in [6, 6.07) is 12.1. The average molecular weight is 448 g/mol. The Bertz CT molecular complexity index is 1180. The third-order valence-electron chi connectivity index (χ3n) is 5.82. The van der Waals surface area contributed by atoms with E-state index in [1.165, 1.54) is 17.3 Å². The molecule has 6 heteroatoms. The zero-order chi connectivity index (χ0) is 23.0. The number of nitrogens with one attached hydrogen (secondary N) is 1. The first-order valence-corrected chi connectivity index (χ1v) is 11.6. The summed E-state index contributed by atoms with van der Waals surface area (Å²) >= 11 is 1.35. The van der Waals surface area contributed by atoms with E-state index in [2.05, 4.69) is 61.1 Å². The number of carbonyl (C=O) groups excluding carboxylic acids is 1. The molecule has 2 aliphatic rings. The van der Waals surface area contributed by atoms with Crippen LogP contribution in [0, 0.1) is 6.92 Å². The molecule has 4 rings (SSSR count). The number of hydrogen-bond donors (Lipinski definition) is 1. The molecule has 32 heavy (non-hydrogen) atoms. The molecular formula is C26H29N3O2S. The molecule has 2 aromatic rings. The number of nitrogens with zero attached hydrogens (tertiary/aromatic N) is 2. The maximum Gasteiger partial charge on any atom is 0.264 e. The van der Waals surface area contributed by atoms with Gasteiger partial charge in [-0.1, -0.05) is 18.2 Å². The number of aliphatic imine (C=N–C) groups is 1. The fourth-order valence-electron chi connectivity index (χ4n) is 4.42. The van der Waals surface area contributed by atoms with E-state index in [0.29, 0.717) is 10.1 Å². The Morgan fingerprint density at radius 2 is 2.00 bits per heavy atom. The van der Waals surface area contributed by atoms with E-state index in [9.17, 15) is 4.79 Å². The summed E-state index contributed by atoms with van der Waals surface area (Å²) in [7, 11) is 1.67. The number of carbonyl (C=O) groups is 1. The highest BCUT2D eigenvalue weighted by Gasteiger charge is 2.31. The van der Waals surface area contributed by atoms with E-state index in [1.54, 1.807) is 7.11 Å². The second-order valence-electron chi connectivity index (χ2n) is 8.66. The normalized spacial score (nSPS) is 19.8. The van der Waals surface area contributed by atoms with Crippen molar-refractivity contribution in [3.8, 4) is 5.75 Å². The van der Waals surface area contributed by atoms with Crippen LogP contribution in [0.1, 0.15) is 44.4 Å². The van der Waals surface area contributed by atoms with Gasteiger partial charge in [-0.3, -0.25) is 4.79 Å². The summed E-state index contributed by atoms with van der Waals surface area (Å²) in [6.07, 6.45) is 4.19. The van der Waals surface area contributed by atoms with Crippen LogP contribution in [-0.4, -0.2) is 30.3 Å². The van der Waals surface area contributed by atoms with Gasteiger partial charge in [-0.05, 0) is 81.8 Å². The number of likely N-dealkylation sites (N-methyl/N-ethyl adjacent to an activating group) is 1. The summed E-state index contributed by atoms with van der Waals surface area (Å²) in [5, 5.41) is 3.46. The quantitative estimate of drug-likeness (QED) is 0.592. The lowest BCUT2D eigenvalue weighted by Gasteiger charge is -2.43. The lowest BCUT2D eigenvalue weighted by molar-refractivity contribution is -0.115. The maximum absolute atomic E-state index is 12.6. The first kappa shape index (κ1) is 22.2. The number of fused-ring (bicyclic) bond motifs is 1. The van der Waals surface area contributed by atoms with Gasteiger partial charge in [-0.2, -0.15) is 0 Å². The van der Waals surface area contributed by atoms with Crippen molar-refractivity contribution < 1.29 is 9.53 Å². The van der Waals surface area contributed by atoms with Crippen LogP contribution in [0.15, 0.2) is 52.4 Å². The number of allylic oxidation sites excluding steroid dienone is 1. The fraction of sp³-hybridized carbons (Fsp3) is 0.308. The van der Waals surface area contributed by atoms with Crippen molar-refractivity contribution in [3.05, 3.63) is 64.1 Å². The molecule has 0 atom stereocenters. The minimum atomic E-state index is -0.148. The van der Waals surface area contributed by atoms with Gasteiger partial charge in [-0.25, -0.2) is 4.99 Å². The number of aryl methyl sites for hydroxylation is 1. The predicted molar refractivity (Wildman–Crippen MR) is 136 cm³/mol. The largest absolute Gasteiger partial charge is 0.496 e. The molecule has 2 aliphatic heterocycles. The van der Waals surface area contributed by atoms with Crippen LogP contribution in [-0.2, 0) is 4.79 Å². The van der Waals surface area contributed by atoms with Crippen molar-refractivity contribution in [3.63, 3.8) is 0 Å². The van der Waals surface area contributed by atoms with Gasteiger partial charge in [0.25, 0.3) is 5.91 Å². The molecule has 0 aliphatic carbocycles. The number of anilines is 1. The number of rotatable bonds is 4. The van der Waals surface area contributed by atoms with E-state index < -0.39 is 0 Å². The van der Waals surface area contributed by atoms with Gasteiger partial charge in [0.05, 0.1) is 23.2 Å². The van der Waals surface area contributed by atoms with Crippen molar-refractivity contribution in [2.24, 2.45) is 4.99 Å². The standard InChI is InChI=1S/C26H29N3O2S/c1-7-29-21-14-22(31-6)18(12-20(21)17(3)15-26(29,4)5)13-23-24(30)28-25(32-23)27-19-10-8-9-16(2)11-19/h8-15H,7H2,1-6H3,(H,27,28,30)/b23-13+. The van der Waals surface area contributed by atoms with Crippen LogP contribution < -0.4 is 15.0 Å². The third kappa shape index (κ3) is 4.19. The molecule has 0 radical (unpaired) electrons. The molecular weight excluding hydrogens is 418 g/mol. The van der Waals surface area contributed by atoms with Crippen LogP contribution in [0.2, 0.25) is 0 Å². The van der Waals surface area contributed by atoms with Gasteiger partial charge in [0.2, 0.25) is 0 Å². The van der Waals surface area contributed by atoms with Crippen molar-refractivity contribution in [1.82, 2.24) is 5.32 Å². The van der Waals surface area contributed by atoms with E-state index in [0.717, 1.165) is 40.4 Å². The summed E-state index contributed by atoms with van der Waals surface area (Å²) in [6.45, 7) is 11.7. The van der Waals surface area contributed by atoms with Crippen LogP contribution in [0.5, 0.6) is 5.75 Å². The number of amidine groups is 1. The highest BCUT2D eigenvalue weighted by molar-refractivity contribution is 8.18. The van der Waals surface area contributed by atoms with Crippen molar-refractivity contribution in [1.29, 1.82) is 0 Å². The number of ether oxygens (including phenoxy) is 1. The molecule has 0 bridgehead atoms. The van der Waals surface area contributed by atoms with Crippen LogP contribution in [0.3, 0.4) is 0 Å². The van der Waals surface area contributed by atoms with Crippen molar-refractivity contribution in [2.75, 3.05) is 18.6 Å². The number of benzene rings is 2. The molecule has 0 unspecified atom stereocenters. The number of methoxy groups -OCH3 is 1. The maximum atomic E-state index is 12.6. The first-order chi connectivity index (χ1) is 15.2. The first-order valence-electron chi connectivity index (χ1n) is 10.8. The van der Waals surface area contributed by atoms with Gasteiger partial charge >= 0.3 is 0 Å². The minimum absolute atomic E-state index is 0.0703. The minimum Gasteiger partial charge on any atom is -0.496 e. The number of amides is 1. The highest BCUT2D eigenvalue weighted by Crippen LogP contribution is 2.43. The molecule has 2 heterocycles. The molecule has 1 amide bonds. The number of hydrogen-bond acceptors (Lipinski definition) is 5. The van der Waals surface area contributed by atoms with Crippen LogP contribution in [0.25, 0.3) is 11.6 Å². The average Bonchev–Trinajstić information content (AvgIpc) is 3.06. The number of thioether (sulfide) groups is 1.